The zero-order chi connectivity index (χ0) is 14.6. The third-order valence-corrected chi connectivity index (χ3v) is 4.08. The molecule has 0 saturated carbocycles. The van der Waals surface area contributed by atoms with Crippen molar-refractivity contribution in [3.63, 3.8) is 0 Å². The highest BCUT2D eigenvalue weighted by molar-refractivity contribution is 8.04. The highest BCUT2D eigenvalue weighted by Gasteiger charge is 1.87. The summed E-state index contributed by atoms with van der Waals surface area (Å²) >= 11 is 3.17. The predicted molar refractivity (Wildman–Crippen MR) is 94.0 cm³/mol. The van der Waals surface area contributed by atoms with E-state index in [1.165, 1.54) is 9.79 Å². The summed E-state index contributed by atoms with van der Waals surface area (Å²) in [6.45, 7) is 0. The third kappa shape index (κ3) is 7.00. The predicted octanol–water partition coefficient (Wildman–Crippen LogP) is 5.66. The van der Waals surface area contributed by atoms with Gasteiger partial charge in [0.15, 0.2) is 0 Å². The van der Waals surface area contributed by atoms with Crippen LogP contribution < -0.4 is 0 Å². The van der Waals surface area contributed by atoms with Crippen molar-refractivity contribution in [1.82, 2.24) is 0 Å². The number of thioether (sulfide) groups is 2. The molecule has 0 aliphatic heterocycles. The molecule has 0 aliphatic carbocycles. The van der Waals surface area contributed by atoms with Crippen LogP contribution in [0.1, 0.15) is 19.3 Å². The van der Waals surface area contributed by atoms with Crippen LogP contribution in [0.15, 0.2) is 70.5 Å². The molecule has 0 saturated heterocycles. The molecular weight excluding hydrogens is 292 g/mol. The van der Waals surface area contributed by atoms with Gasteiger partial charge in [-0.15, -0.1) is 0 Å². The second-order valence-corrected chi connectivity index (χ2v) is 6.00. The van der Waals surface area contributed by atoms with E-state index in [0.717, 1.165) is 19.3 Å². The maximum atomic E-state index is 3.18. The van der Waals surface area contributed by atoms with Gasteiger partial charge in [0.2, 0.25) is 0 Å². The van der Waals surface area contributed by atoms with Crippen molar-refractivity contribution in [2.75, 3.05) is 0 Å². The van der Waals surface area contributed by atoms with Crippen molar-refractivity contribution in [2.45, 2.75) is 29.1 Å². The molecule has 0 spiro atoms. The Morgan fingerprint density at radius 2 is 1.05 bits per heavy atom. The number of rotatable bonds is 4. The lowest BCUT2D eigenvalue weighted by Gasteiger charge is -1.91. The molecule has 0 unspecified atom stereocenters. The molecule has 21 heavy (non-hydrogen) atoms. The molecule has 0 amide bonds. The SMILES string of the molecule is C(#CSc1ccccc1)CCCC#CSc1ccccc1. The first-order valence-electron chi connectivity index (χ1n) is 6.84. The molecule has 0 fully saturated rings. The van der Waals surface area contributed by atoms with Crippen molar-refractivity contribution >= 4 is 23.5 Å². The van der Waals surface area contributed by atoms with Gasteiger partial charge in [0.1, 0.15) is 0 Å². The van der Waals surface area contributed by atoms with Crippen molar-refractivity contribution < 1.29 is 0 Å². The van der Waals surface area contributed by atoms with E-state index in [2.05, 4.69) is 46.6 Å². The summed E-state index contributed by atoms with van der Waals surface area (Å²) in [6, 6.07) is 20.5. The molecule has 0 N–H and O–H groups in total. The highest BCUT2D eigenvalue weighted by Crippen LogP contribution is 2.16. The summed E-state index contributed by atoms with van der Waals surface area (Å²) < 4.78 is 0. The Labute approximate surface area is 135 Å². The van der Waals surface area contributed by atoms with E-state index in [1.54, 1.807) is 23.5 Å². The summed E-state index contributed by atoms with van der Waals surface area (Å²) in [5.74, 6) is 6.36. The van der Waals surface area contributed by atoms with Crippen LogP contribution >= 0.6 is 23.5 Å². The fourth-order valence-corrected chi connectivity index (χ4v) is 2.70. The van der Waals surface area contributed by atoms with E-state index in [9.17, 15) is 0 Å². The largest absolute Gasteiger partial charge is 0.0909 e. The Morgan fingerprint density at radius 3 is 1.48 bits per heavy atom. The molecular formula is C19H16S2. The topological polar surface area (TPSA) is 0 Å². The first-order valence-corrected chi connectivity index (χ1v) is 8.48. The first kappa shape index (κ1) is 15.6. The van der Waals surface area contributed by atoms with Crippen LogP contribution in [-0.2, 0) is 0 Å². The lowest BCUT2D eigenvalue weighted by atomic mass is 10.2. The van der Waals surface area contributed by atoms with Crippen molar-refractivity contribution in [3.05, 3.63) is 60.7 Å². The standard InChI is InChI=1S/C19H16S2/c1(2-10-16-20-18-12-6-4-7-13-18)3-11-17-21-19-14-8-5-9-15-19/h4-9,12-15H,1-3H2. The monoisotopic (exact) mass is 308 g/mol. The molecule has 0 radical (unpaired) electrons. The lowest BCUT2D eigenvalue weighted by Crippen LogP contribution is -1.70. The smallest absolute Gasteiger partial charge is 0.0203 e. The van der Waals surface area contributed by atoms with Gasteiger partial charge in [-0.3, -0.25) is 0 Å². The minimum absolute atomic E-state index is 0.907. The molecule has 0 nitrogen and oxygen atoms in total. The van der Waals surface area contributed by atoms with Crippen LogP contribution in [0.3, 0.4) is 0 Å². The molecule has 0 heterocycles. The van der Waals surface area contributed by atoms with E-state index < -0.39 is 0 Å². The molecule has 2 aromatic carbocycles. The van der Waals surface area contributed by atoms with Gasteiger partial charge in [-0.2, -0.15) is 0 Å². The van der Waals surface area contributed by atoms with Crippen molar-refractivity contribution in [3.8, 4) is 22.3 Å². The molecule has 2 heteroatoms. The number of hydrogen-bond donors (Lipinski definition) is 0. The lowest BCUT2D eigenvalue weighted by molar-refractivity contribution is 0.904. The molecule has 2 rings (SSSR count). The molecule has 0 bridgehead atoms. The Bertz CT molecular complexity index is 580. The average molecular weight is 308 g/mol. The quantitative estimate of drug-likeness (QED) is 0.406. The summed E-state index contributed by atoms with van der Waals surface area (Å²) in [6.07, 6.45) is 2.85. The summed E-state index contributed by atoms with van der Waals surface area (Å²) in [7, 11) is 0. The van der Waals surface area contributed by atoms with Crippen LogP contribution in [0, 0.1) is 22.3 Å². The molecule has 2 aromatic rings. The van der Waals surface area contributed by atoms with Gasteiger partial charge in [0.25, 0.3) is 0 Å². The maximum Gasteiger partial charge on any atom is 0.0203 e. The van der Waals surface area contributed by atoms with Crippen LogP contribution in [0.4, 0.5) is 0 Å². The zero-order valence-corrected chi connectivity index (χ0v) is 13.3. The fourth-order valence-electron chi connectivity index (χ4n) is 1.53. The van der Waals surface area contributed by atoms with Gasteiger partial charge in [0, 0.05) is 22.6 Å². The molecule has 104 valence electrons. The summed E-state index contributed by atoms with van der Waals surface area (Å²) in [5.41, 5.74) is 0. The average Bonchev–Trinajstić information content (AvgIpc) is 2.55. The van der Waals surface area contributed by atoms with Crippen LogP contribution in [0.5, 0.6) is 0 Å². The van der Waals surface area contributed by atoms with Crippen LogP contribution in [0.2, 0.25) is 0 Å². The third-order valence-electron chi connectivity index (χ3n) is 2.57. The second kappa shape index (κ2) is 10.1. The maximum absolute atomic E-state index is 3.18. The summed E-state index contributed by atoms with van der Waals surface area (Å²) in [4.78, 5) is 2.40. The first-order chi connectivity index (χ1) is 10.4. The normalized spacial score (nSPS) is 9.14. The van der Waals surface area contributed by atoms with Gasteiger partial charge in [-0.05, 0) is 64.7 Å². The molecule has 0 aromatic heterocycles. The number of benzene rings is 2. The van der Waals surface area contributed by atoms with Gasteiger partial charge >= 0.3 is 0 Å². The highest BCUT2D eigenvalue weighted by atomic mass is 32.2. The zero-order valence-electron chi connectivity index (χ0n) is 11.7. The Morgan fingerprint density at radius 1 is 0.619 bits per heavy atom. The van der Waals surface area contributed by atoms with E-state index in [4.69, 9.17) is 0 Å². The van der Waals surface area contributed by atoms with E-state index >= 15 is 0 Å². The van der Waals surface area contributed by atoms with E-state index in [-0.39, 0.29) is 0 Å². The van der Waals surface area contributed by atoms with Crippen molar-refractivity contribution in [2.24, 2.45) is 0 Å². The van der Waals surface area contributed by atoms with E-state index in [0.29, 0.717) is 0 Å². The van der Waals surface area contributed by atoms with Gasteiger partial charge in [0.05, 0.1) is 0 Å². The van der Waals surface area contributed by atoms with Crippen LogP contribution in [-0.4, -0.2) is 0 Å². The minimum atomic E-state index is 0.907. The van der Waals surface area contributed by atoms with E-state index in [1.807, 2.05) is 36.4 Å². The fraction of sp³-hybridized carbons (Fsp3) is 0.158. The molecule has 0 aliphatic rings. The number of hydrogen-bond acceptors (Lipinski definition) is 2. The Hall–Kier alpha value is -1.74. The second-order valence-electron chi connectivity index (χ2n) is 4.24. The van der Waals surface area contributed by atoms with Crippen molar-refractivity contribution in [1.29, 1.82) is 0 Å². The van der Waals surface area contributed by atoms with Gasteiger partial charge < -0.3 is 0 Å². The van der Waals surface area contributed by atoms with Gasteiger partial charge in [-0.25, -0.2) is 0 Å². The summed E-state index contributed by atoms with van der Waals surface area (Å²) in [5, 5.41) is 6.26. The Balaban J connectivity index is 1.59. The van der Waals surface area contributed by atoms with Crippen LogP contribution in [0.25, 0.3) is 0 Å². The van der Waals surface area contributed by atoms with Gasteiger partial charge in [-0.1, -0.05) is 48.2 Å². The minimum Gasteiger partial charge on any atom is -0.0909 e. The Kier molecular flexibility index (Phi) is 7.49. The molecule has 0 atom stereocenters. The number of unbranched alkanes of at least 4 members (excludes halogenated alkanes) is 2.